The molecule has 6 amide bonds. The maximum absolute atomic E-state index is 12.1. The Kier molecular flexibility index (Phi) is 32.9. The number of fused-ring (bicyclic) bond motifs is 6. The summed E-state index contributed by atoms with van der Waals surface area (Å²) in [5.41, 5.74) is 25.3. The van der Waals surface area contributed by atoms with Crippen molar-refractivity contribution in [2.45, 2.75) is 102 Å². The summed E-state index contributed by atoms with van der Waals surface area (Å²) in [7, 11) is 0. The summed E-state index contributed by atoms with van der Waals surface area (Å²) < 4.78 is 1.96. The summed E-state index contributed by atoms with van der Waals surface area (Å²) in [6, 6.07) is 83.8. The van der Waals surface area contributed by atoms with E-state index < -0.39 is 0 Å². The number of nitrogens with zero attached hydrogens (tertiary/aromatic N) is 6. The predicted octanol–water partition coefficient (Wildman–Crippen LogP) is 24.9. The lowest BCUT2D eigenvalue weighted by atomic mass is 9.83. The van der Waals surface area contributed by atoms with E-state index in [0.717, 1.165) is 85.8 Å². The zero-order valence-electron chi connectivity index (χ0n) is 74.2. The zero-order valence-corrected chi connectivity index (χ0v) is 80.4. The number of rotatable bonds is 12. The zero-order chi connectivity index (χ0) is 94.1. The normalized spacial score (nSPS) is 17.0. The number of para-hydroxylation sites is 2. The molecule has 2 N–H and O–H groups in total. The van der Waals surface area contributed by atoms with Crippen molar-refractivity contribution < 1.29 is 39.0 Å². The largest absolute Gasteiger partial charge is 0.508 e. The van der Waals surface area contributed by atoms with E-state index in [1.807, 2.05) is 165 Å². The topological polar surface area (TPSA) is 162 Å². The van der Waals surface area contributed by atoms with Gasteiger partial charge in [-0.1, -0.05) is 300 Å². The number of phenolic OH excluding ortho intramolecular Hbond substituents is 2. The van der Waals surface area contributed by atoms with Crippen LogP contribution in [0.2, 0.25) is 20.1 Å². The van der Waals surface area contributed by atoms with Gasteiger partial charge in [0.2, 0.25) is 35.4 Å². The van der Waals surface area contributed by atoms with E-state index in [1.54, 1.807) is 34.1 Å². The second kappa shape index (κ2) is 44.7. The number of hydrogen-bond donors (Lipinski definition) is 2. The van der Waals surface area contributed by atoms with Crippen molar-refractivity contribution in [2.24, 2.45) is 0 Å². The average molecular weight is 1960 g/mol. The fraction of sp³-hybridized carbons (Fsp3) is 0.196. The third-order valence-electron chi connectivity index (χ3n) is 25.3. The highest BCUT2D eigenvalue weighted by Gasteiger charge is 2.37. The van der Waals surface area contributed by atoms with Crippen LogP contribution in [0, 0.1) is 27.7 Å². The highest BCUT2D eigenvalue weighted by atomic mass is 79.9. The molecule has 0 aromatic heterocycles. The summed E-state index contributed by atoms with van der Waals surface area (Å²) in [5, 5.41) is 23.3. The Bertz CT molecular complexity index is 5720. The van der Waals surface area contributed by atoms with Crippen molar-refractivity contribution in [2.75, 3.05) is 39.3 Å². The van der Waals surface area contributed by atoms with Gasteiger partial charge in [-0.05, 0) is 248 Å². The monoisotopic (exact) mass is 1960 g/mol. The predicted molar refractivity (Wildman–Crippen MR) is 540 cm³/mol. The van der Waals surface area contributed by atoms with E-state index >= 15 is 0 Å². The van der Waals surface area contributed by atoms with Gasteiger partial charge in [0.15, 0.2) is 0 Å². The minimum Gasteiger partial charge on any atom is -0.508 e. The van der Waals surface area contributed by atoms with Crippen LogP contribution in [0.5, 0.6) is 11.5 Å². The maximum Gasteiger partial charge on any atom is 0.246 e. The third kappa shape index (κ3) is 22.7. The molecule has 18 rings (SSSR count). The van der Waals surface area contributed by atoms with Gasteiger partial charge in [0.05, 0.1) is 0 Å². The van der Waals surface area contributed by atoms with Gasteiger partial charge in [0, 0.05) is 154 Å². The van der Waals surface area contributed by atoms with Crippen LogP contribution in [0.3, 0.4) is 0 Å². The van der Waals surface area contributed by atoms with Gasteiger partial charge in [0.25, 0.3) is 0 Å². The van der Waals surface area contributed by atoms with Crippen molar-refractivity contribution in [1.82, 2.24) is 29.4 Å². The molecule has 12 aromatic rings. The van der Waals surface area contributed by atoms with E-state index in [0.29, 0.717) is 88.6 Å². The minimum absolute atomic E-state index is 0.0378. The Hall–Kier alpha value is -12.4. The first-order chi connectivity index (χ1) is 63.6. The number of halogens is 6. The molecular formula is C112H104Br2Cl4N6O8. The van der Waals surface area contributed by atoms with E-state index in [2.05, 4.69) is 184 Å². The fourth-order valence-electron chi connectivity index (χ4n) is 18.8. The number of hydrogen-bond acceptors (Lipinski definition) is 8. The summed E-state index contributed by atoms with van der Waals surface area (Å²) in [6.07, 6.45) is 8.19. The molecule has 6 heterocycles. The lowest BCUT2D eigenvalue weighted by Gasteiger charge is -2.35. The number of benzene rings is 12. The Morgan fingerprint density at radius 2 is 0.500 bits per heavy atom. The number of amides is 6. The quantitative estimate of drug-likeness (QED) is 0.114. The van der Waals surface area contributed by atoms with Gasteiger partial charge in [0.1, 0.15) is 11.5 Å². The number of aromatic hydroxyl groups is 2. The minimum atomic E-state index is -0.0916. The summed E-state index contributed by atoms with van der Waals surface area (Å²) >= 11 is 32.2. The second-order valence-corrected chi connectivity index (χ2v) is 36.9. The summed E-state index contributed by atoms with van der Waals surface area (Å²) in [6.45, 7) is 37.1. The molecule has 0 unspecified atom stereocenters. The van der Waals surface area contributed by atoms with Gasteiger partial charge in [-0.25, -0.2) is 0 Å². The molecule has 6 atom stereocenters. The Labute approximate surface area is 811 Å². The van der Waals surface area contributed by atoms with Crippen molar-refractivity contribution in [3.63, 3.8) is 0 Å². The fourth-order valence-corrected chi connectivity index (χ4v) is 20.6. The first-order valence-electron chi connectivity index (χ1n) is 43.6. The number of aryl methyl sites for hydroxylation is 4. The number of phenols is 2. The summed E-state index contributed by atoms with van der Waals surface area (Å²) in [4.78, 5) is 83.4. The lowest BCUT2D eigenvalue weighted by Crippen LogP contribution is -2.38. The van der Waals surface area contributed by atoms with Crippen LogP contribution in [-0.4, -0.2) is 114 Å². The van der Waals surface area contributed by atoms with E-state index in [9.17, 15) is 39.0 Å². The molecule has 0 saturated heterocycles. The van der Waals surface area contributed by atoms with Crippen LogP contribution in [-0.2, 0) is 68.0 Å². The first-order valence-corrected chi connectivity index (χ1v) is 46.7. The molecule has 672 valence electrons. The summed E-state index contributed by atoms with van der Waals surface area (Å²) in [5.74, 6) is 0.647. The molecule has 20 heteroatoms. The second-order valence-electron chi connectivity index (χ2n) is 33.4. The molecule has 0 fully saturated rings. The van der Waals surface area contributed by atoms with Gasteiger partial charge >= 0.3 is 0 Å². The molecule has 0 radical (unpaired) electrons. The molecule has 132 heavy (non-hydrogen) atoms. The highest BCUT2D eigenvalue weighted by Crippen LogP contribution is 2.46. The van der Waals surface area contributed by atoms with Crippen LogP contribution in [0.15, 0.2) is 340 Å². The van der Waals surface area contributed by atoms with Crippen molar-refractivity contribution in [3.8, 4) is 11.5 Å². The van der Waals surface area contributed by atoms with Crippen LogP contribution in [0.4, 0.5) is 0 Å². The van der Waals surface area contributed by atoms with Crippen molar-refractivity contribution >= 4 is 114 Å². The van der Waals surface area contributed by atoms with Crippen LogP contribution >= 0.6 is 78.3 Å². The van der Waals surface area contributed by atoms with E-state index in [-0.39, 0.29) is 82.4 Å². The molecule has 0 saturated carbocycles. The highest BCUT2D eigenvalue weighted by molar-refractivity contribution is 9.10. The molecule has 0 bridgehead atoms. The molecular weight excluding hydrogens is 1860 g/mol. The van der Waals surface area contributed by atoms with Gasteiger partial charge in [-0.3, -0.25) is 28.8 Å². The maximum atomic E-state index is 12.1. The van der Waals surface area contributed by atoms with Crippen LogP contribution in [0.25, 0.3) is 0 Å². The molecule has 14 nitrogen and oxygen atoms in total. The van der Waals surface area contributed by atoms with Gasteiger partial charge < -0.3 is 39.6 Å². The molecule has 0 aliphatic carbocycles. The molecule has 12 aromatic carbocycles. The molecule has 6 aliphatic rings. The standard InChI is InChI=1S/4C19H18ClNO.2C18H16BrNO2/c2*1-3-18(22)21-11-14-8-6-10-17(20)19(14)16(12-21)15-9-5-4-7-13(15)2;2*1-3-19(22)21-11-14-10-15(20)8-9-17(14)18(12-21)16-7-5-4-6-13(16)2;2*1-2-18(22)20-10-12-9-13(19)7-8-14(12)16(11-20)15-5-3-4-6-17(15)21/h2*3-10,16H,1,11-12H2,2H3;2*3-10,18H,1,11-12H2,2H3;2*2-9,16,21H,1,10-11H2/t2*16-;2*18-;2*16-/m101010/s1. The lowest BCUT2D eigenvalue weighted by molar-refractivity contribution is -0.127. The first kappa shape index (κ1) is 97.2. The van der Waals surface area contributed by atoms with Crippen molar-refractivity contribution in [1.29, 1.82) is 0 Å². The van der Waals surface area contributed by atoms with Crippen LogP contribution in [0.1, 0.15) is 158 Å². The molecule has 0 spiro atoms. The SMILES string of the molecule is C=CC(=O)N1Cc2cc(Br)ccc2[C@@H](c2ccccc2O)C1.C=CC(=O)N1Cc2cc(Br)ccc2[C@H](c2ccccc2O)C1.C=CC(=O)N1Cc2cc(Cl)ccc2[C@@H](c2ccccc2C)C1.C=CC(=O)N1Cc2cc(Cl)ccc2[C@H](c2ccccc2C)C1.C=CC(=O)N1Cc2cccc(Cl)c2[C@@H](c2ccccc2C)C1.C=CC(=O)N1Cc2cccc(Cl)c2[C@H](c2ccccc2C)C1. The molecule has 6 aliphatic heterocycles. The number of carbonyl (C=O) groups is 6. The Morgan fingerprint density at radius 3 is 0.773 bits per heavy atom. The van der Waals surface area contributed by atoms with Crippen molar-refractivity contribution in [3.05, 3.63) is 482 Å². The Balaban J connectivity index is 0.000000135. The smallest absolute Gasteiger partial charge is 0.246 e. The Morgan fingerprint density at radius 1 is 0.273 bits per heavy atom. The number of carbonyl (C=O) groups excluding carboxylic acids is 6. The van der Waals surface area contributed by atoms with Gasteiger partial charge in [-0.2, -0.15) is 0 Å². The third-order valence-corrected chi connectivity index (χ3v) is 27.4. The van der Waals surface area contributed by atoms with E-state index in [1.165, 1.54) is 92.1 Å². The van der Waals surface area contributed by atoms with Gasteiger partial charge in [-0.15, -0.1) is 0 Å². The average Bonchev–Trinajstić information content (AvgIpc) is 0.744. The van der Waals surface area contributed by atoms with Crippen LogP contribution < -0.4 is 0 Å². The van der Waals surface area contributed by atoms with E-state index in [4.69, 9.17) is 46.4 Å².